The minimum absolute atomic E-state index is 0.180. The van der Waals surface area contributed by atoms with Gasteiger partial charge >= 0.3 is 5.97 Å². The molecule has 6 nitrogen and oxygen atoms in total. The van der Waals surface area contributed by atoms with E-state index in [1.807, 2.05) is 38.1 Å². The third-order valence-electron chi connectivity index (χ3n) is 3.74. The molecule has 0 bridgehead atoms. The number of rotatable bonds is 7. The number of ether oxygens (including phenoxy) is 1. The lowest BCUT2D eigenvalue weighted by molar-refractivity contribution is -0.147. The lowest BCUT2D eigenvalue weighted by Crippen LogP contribution is -2.30. The maximum Gasteiger partial charge on any atom is 0.325 e. The van der Waals surface area contributed by atoms with E-state index in [1.165, 1.54) is 11.6 Å². The SMILES string of the molecule is Cc1ccc(Cn2nc(C)c(/C=C/C(=O)NCC(=O)OC(C)C)c2Cl)cc1. The van der Waals surface area contributed by atoms with Gasteiger partial charge in [0.05, 0.1) is 18.3 Å². The highest BCUT2D eigenvalue weighted by Gasteiger charge is 2.12. The van der Waals surface area contributed by atoms with Crippen molar-refractivity contribution in [3.05, 3.63) is 57.9 Å². The van der Waals surface area contributed by atoms with Crippen LogP contribution >= 0.6 is 11.6 Å². The van der Waals surface area contributed by atoms with E-state index in [1.54, 1.807) is 24.6 Å². The average molecular weight is 390 g/mol. The van der Waals surface area contributed by atoms with Gasteiger partial charge in [0.15, 0.2) is 0 Å². The first-order chi connectivity index (χ1) is 12.8. The van der Waals surface area contributed by atoms with Crippen molar-refractivity contribution in [2.45, 2.75) is 40.3 Å². The number of halogens is 1. The highest BCUT2D eigenvalue weighted by molar-refractivity contribution is 6.31. The molecule has 2 aromatic rings. The van der Waals surface area contributed by atoms with Crippen molar-refractivity contribution in [2.24, 2.45) is 0 Å². The first kappa shape index (κ1) is 20.7. The van der Waals surface area contributed by atoms with Crippen molar-refractivity contribution in [1.29, 1.82) is 0 Å². The predicted octanol–water partition coefficient (Wildman–Crippen LogP) is 3.28. The van der Waals surface area contributed by atoms with E-state index in [9.17, 15) is 9.59 Å². The van der Waals surface area contributed by atoms with Crippen LogP contribution in [-0.4, -0.2) is 34.3 Å². The van der Waals surface area contributed by atoms with Gasteiger partial charge in [-0.25, -0.2) is 4.68 Å². The molecule has 1 aromatic carbocycles. The second-order valence-corrected chi connectivity index (χ2v) is 6.88. The molecule has 0 aliphatic heterocycles. The van der Waals surface area contributed by atoms with Gasteiger partial charge in [0.1, 0.15) is 11.7 Å². The summed E-state index contributed by atoms with van der Waals surface area (Å²) in [6.07, 6.45) is 2.71. The Kier molecular flexibility index (Phi) is 7.19. The van der Waals surface area contributed by atoms with Crippen LogP contribution in [0.25, 0.3) is 6.08 Å². The Bertz CT molecular complexity index is 839. The van der Waals surface area contributed by atoms with Gasteiger partial charge in [-0.1, -0.05) is 41.4 Å². The Hall–Kier alpha value is -2.60. The van der Waals surface area contributed by atoms with Crippen molar-refractivity contribution in [3.8, 4) is 0 Å². The lowest BCUT2D eigenvalue weighted by atomic mass is 10.1. The Balaban J connectivity index is 2.01. The number of amides is 1. The standard InChI is InChI=1S/C20H24ClN3O3/c1-13(2)27-19(26)11-22-18(25)10-9-17-15(4)23-24(20(17)21)12-16-7-5-14(3)6-8-16/h5-10,13H,11-12H2,1-4H3,(H,22,25)/b10-9+. The molecule has 0 unspecified atom stereocenters. The summed E-state index contributed by atoms with van der Waals surface area (Å²) >= 11 is 6.42. The summed E-state index contributed by atoms with van der Waals surface area (Å²) in [4.78, 5) is 23.3. The van der Waals surface area contributed by atoms with E-state index in [0.717, 1.165) is 11.3 Å². The monoisotopic (exact) mass is 389 g/mol. The third-order valence-corrected chi connectivity index (χ3v) is 4.14. The second kappa shape index (κ2) is 9.37. The van der Waals surface area contributed by atoms with Crippen LogP contribution < -0.4 is 5.32 Å². The van der Waals surface area contributed by atoms with Gasteiger partial charge in [-0.2, -0.15) is 5.10 Å². The number of hydrogen-bond acceptors (Lipinski definition) is 4. The number of benzene rings is 1. The molecular formula is C20H24ClN3O3. The molecule has 1 aromatic heterocycles. The first-order valence-electron chi connectivity index (χ1n) is 8.70. The largest absolute Gasteiger partial charge is 0.462 e. The number of aryl methyl sites for hydroxylation is 2. The van der Waals surface area contributed by atoms with Crippen molar-refractivity contribution in [1.82, 2.24) is 15.1 Å². The fourth-order valence-corrected chi connectivity index (χ4v) is 2.71. The van der Waals surface area contributed by atoms with E-state index in [0.29, 0.717) is 17.3 Å². The van der Waals surface area contributed by atoms with Crippen LogP contribution in [0, 0.1) is 13.8 Å². The summed E-state index contributed by atoms with van der Waals surface area (Å²) in [5, 5.41) is 7.37. The number of hydrogen-bond donors (Lipinski definition) is 1. The molecule has 7 heteroatoms. The Labute approximate surface area is 164 Å². The molecule has 0 saturated heterocycles. The van der Waals surface area contributed by atoms with Crippen molar-refractivity contribution in [2.75, 3.05) is 6.54 Å². The van der Waals surface area contributed by atoms with Gasteiger partial charge in [-0.3, -0.25) is 9.59 Å². The maximum atomic E-state index is 11.9. The highest BCUT2D eigenvalue weighted by Crippen LogP contribution is 2.22. The number of aromatic nitrogens is 2. The first-order valence-corrected chi connectivity index (χ1v) is 9.08. The summed E-state index contributed by atoms with van der Waals surface area (Å²) in [6, 6.07) is 8.13. The van der Waals surface area contributed by atoms with Crippen LogP contribution in [0.15, 0.2) is 30.3 Å². The van der Waals surface area contributed by atoms with Gasteiger partial charge in [0, 0.05) is 11.6 Å². The average Bonchev–Trinajstić information content (AvgIpc) is 2.86. The molecule has 1 amide bonds. The molecule has 2 rings (SSSR count). The molecule has 0 aliphatic rings. The number of nitrogens with zero attached hydrogens (tertiary/aromatic N) is 2. The number of carbonyl (C=O) groups is 2. The minimum Gasteiger partial charge on any atom is -0.462 e. The number of esters is 1. The van der Waals surface area contributed by atoms with Crippen LogP contribution in [-0.2, 0) is 20.9 Å². The van der Waals surface area contributed by atoms with Gasteiger partial charge in [-0.15, -0.1) is 0 Å². The van der Waals surface area contributed by atoms with E-state index < -0.39 is 11.9 Å². The zero-order valence-electron chi connectivity index (χ0n) is 16.0. The molecule has 144 valence electrons. The minimum atomic E-state index is -0.480. The molecular weight excluding hydrogens is 366 g/mol. The van der Waals surface area contributed by atoms with Gasteiger partial charge in [-0.05, 0) is 39.3 Å². The van der Waals surface area contributed by atoms with Crippen LogP contribution in [0.1, 0.15) is 36.2 Å². The van der Waals surface area contributed by atoms with E-state index in [-0.39, 0.29) is 12.6 Å². The second-order valence-electron chi connectivity index (χ2n) is 6.52. The normalized spacial score (nSPS) is 11.2. The van der Waals surface area contributed by atoms with Crippen LogP contribution in [0.2, 0.25) is 5.15 Å². The summed E-state index contributed by atoms with van der Waals surface area (Å²) in [5.74, 6) is -0.885. The summed E-state index contributed by atoms with van der Waals surface area (Å²) in [7, 11) is 0. The van der Waals surface area contributed by atoms with Crippen molar-refractivity contribution < 1.29 is 14.3 Å². The summed E-state index contributed by atoms with van der Waals surface area (Å²) in [6.45, 7) is 7.72. The van der Waals surface area contributed by atoms with Gasteiger partial charge < -0.3 is 10.1 Å². The zero-order valence-corrected chi connectivity index (χ0v) is 16.7. The Morgan fingerprint density at radius 1 is 1.26 bits per heavy atom. The summed E-state index contributed by atoms with van der Waals surface area (Å²) in [5.41, 5.74) is 3.66. The molecule has 27 heavy (non-hydrogen) atoms. The zero-order chi connectivity index (χ0) is 20.0. The predicted molar refractivity (Wildman–Crippen MR) is 106 cm³/mol. The molecule has 0 fully saturated rings. The fourth-order valence-electron chi connectivity index (χ4n) is 2.41. The quantitative estimate of drug-likeness (QED) is 0.582. The molecule has 0 atom stereocenters. The number of carbonyl (C=O) groups excluding carboxylic acids is 2. The third kappa shape index (κ3) is 6.25. The Morgan fingerprint density at radius 3 is 2.56 bits per heavy atom. The molecule has 0 saturated carbocycles. The molecule has 1 N–H and O–H groups in total. The van der Waals surface area contributed by atoms with Crippen molar-refractivity contribution in [3.63, 3.8) is 0 Å². The van der Waals surface area contributed by atoms with E-state index in [4.69, 9.17) is 16.3 Å². The maximum absolute atomic E-state index is 11.9. The molecule has 0 aliphatic carbocycles. The molecule has 1 heterocycles. The fraction of sp³-hybridized carbons (Fsp3) is 0.350. The van der Waals surface area contributed by atoms with Gasteiger partial charge in [0.2, 0.25) is 5.91 Å². The van der Waals surface area contributed by atoms with Crippen LogP contribution in [0.3, 0.4) is 0 Å². The highest BCUT2D eigenvalue weighted by atomic mass is 35.5. The van der Waals surface area contributed by atoms with Crippen LogP contribution in [0.4, 0.5) is 0 Å². The van der Waals surface area contributed by atoms with Crippen LogP contribution in [0.5, 0.6) is 0 Å². The lowest BCUT2D eigenvalue weighted by Gasteiger charge is -2.07. The van der Waals surface area contributed by atoms with E-state index >= 15 is 0 Å². The smallest absolute Gasteiger partial charge is 0.325 e. The summed E-state index contributed by atoms with van der Waals surface area (Å²) < 4.78 is 6.65. The Morgan fingerprint density at radius 2 is 1.93 bits per heavy atom. The topological polar surface area (TPSA) is 73.2 Å². The van der Waals surface area contributed by atoms with E-state index in [2.05, 4.69) is 10.4 Å². The molecule has 0 radical (unpaired) electrons. The van der Waals surface area contributed by atoms with Gasteiger partial charge in [0.25, 0.3) is 0 Å². The molecule has 0 spiro atoms. The number of nitrogens with one attached hydrogen (secondary N) is 1. The van der Waals surface area contributed by atoms with Crippen molar-refractivity contribution >= 4 is 29.6 Å².